The number of thioether (sulfide) groups is 1. The van der Waals surface area contributed by atoms with E-state index in [1.807, 2.05) is 6.26 Å². The van der Waals surface area contributed by atoms with Crippen LogP contribution in [0.15, 0.2) is 0 Å². The van der Waals surface area contributed by atoms with Crippen molar-refractivity contribution in [3.05, 3.63) is 0 Å². The second-order valence-corrected chi connectivity index (χ2v) is 5.21. The zero-order valence-corrected chi connectivity index (χ0v) is 10.8. The highest BCUT2D eigenvalue weighted by Gasteiger charge is 2.24. The summed E-state index contributed by atoms with van der Waals surface area (Å²) in [7, 11) is 0. The first-order valence-corrected chi connectivity index (χ1v) is 6.89. The van der Waals surface area contributed by atoms with Gasteiger partial charge in [-0.25, -0.2) is 0 Å². The highest BCUT2D eigenvalue weighted by Crippen LogP contribution is 2.27. The van der Waals surface area contributed by atoms with Crippen molar-refractivity contribution in [1.82, 2.24) is 0 Å². The van der Waals surface area contributed by atoms with Gasteiger partial charge in [0.05, 0.1) is 12.7 Å². The Bertz CT molecular complexity index is 219. The van der Waals surface area contributed by atoms with Gasteiger partial charge in [0, 0.05) is 0 Å². The molecule has 0 aromatic carbocycles. The van der Waals surface area contributed by atoms with Gasteiger partial charge in [-0.05, 0) is 50.1 Å². The molecule has 0 bridgehead atoms. The number of alkyl halides is 2. The summed E-state index contributed by atoms with van der Waals surface area (Å²) in [6, 6.07) is 0. The van der Waals surface area contributed by atoms with Crippen LogP contribution in [0.25, 0.3) is 0 Å². The lowest BCUT2D eigenvalue weighted by molar-refractivity contribution is -0.171. The van der Waals surface area contributed by atoms with E-state index in [0.29, 0.717) is 29.7 Å². The molecule has 6 heteroatoms. The van der Waals surface area contributed by atoms with Crippen molar-refractivity contribution < 1.29 is 18.3 Å². The Morgan fingerprint density at radius 2 is 2.00 bits per heavy atom. The van der Waals surface area contributed by atoms with Gasteiger partial charge in [0.2, 0.25) is 4.38 Å². The van der Waals surface area contributed by atoms with Gasteiger partial charge in [-0.3, -0.25) is 0 Å². The third-order valence-corrected chi connectivity index (χ3v) is 3.76. The summed E-state index contributed by atoms with van der Waals surface area (Å²) in [6.07, 6.45) is 4.69. The van der Waals surface area contributed by atoms with E-state index in [9.17, 15) is 8.78 Å². The predicted octanol–water partition coefficient (Wildman–Crippen LogP) is 3.45. The van der Waals surface area contributed by atoms with Gasteiger partial charge in [0.15, 0.2) is 0 Å². The first-order valence-electron chi connectivity index (χ1n) is 5.26. The van der Waals surface area contributed by atoms with Gasteiger partial charge in [-0.15, -0.1) is 0 Å². The molecule has 94 valence electrons. The van der Waals surface area contributed by atoms with E-state index < -0.39 is 6.61 Å². The van der Waals surface area contributed by atoms with Crippen molar-refractivity contribution in [3.8, 4) is 0 Å². The van der Waals surface area contributed by atoms with E-state index >= 15 is 0 Å². The summed E-state index contributed by atoms with van der Waals surface area (Å²) in [5, 5.41) is 0. The number of hydrogen-bond donors (Lipinski definition) is 0. The molecule has 0 unspecified atom stereocenters. The van der Waals surface area contributed by atoms with E-state index in [4.69, 9.17) is 17.0 Å². The zero-order valence-electron chi connectivity index (χ0n) is 9.16. The second kappa shape index (κ2) is 7.40. The van der Waals surface area contributed by atoms with Crippen molar-refractivity contribution in [3.63, 3.8) is 0 Å². The topological polar surface area (TPSA) is 18.5 Å². The molecule has 0 aromatic heterocycles. The van der Waals surface area contributed by atoms with Crippen LogP contribution in [0, 0.1) is 5.92 Å². The Labute approximate surface area is 104 Å². The molecular weight excluding hydrogens is 254 g/mol. The molecule has 16 heavy (non-hydrogen) atoms. The lowest BCUT2D eigenvalue weighted by Crippen LogP contribution is -2.26. The summed E-state index contributed by atoms with van der Waals surface area (Å²) in [6.45, 7) is -2.05. The van der Waals surface area contributed by atoms with Crippen LogP contribution in [0.4, 0.5) is 8.78 Å². The minimum atomic E-state index is -2.65. The molecule has 0 aromatic rings. The van der Waals surface area contributed by atoms with Crippen molar-refractivity contribution in [2.45, 2.75) is 38.4 Å². The van der Waals surface area contributed by atoms with Crippen molar-refractivity contribution in [2.24, 2.45) is 5.92 Å². The van der Waals surface area contributed by atoms with Crippen LogP contribution in [0.1, 0.15) is 25.7 Å². The zero-order chi connectivity index (χ0) is 12.0. The fourth-order valence-electron chi connectivity index (χ4n) is 1.82. The van der Waals surface area contributed by atoms with E-state index in [-0.39, 0.29) is 6.10 Å². The number of thiocarbonyl (C=S) groups is 1. The van der Waals surface area contributed by atoms with Crippen LogP contribution in [0.5, 0.6) is 0 Å². The summed E-state index contributed by atoms with van der Waals surface area (Å²) in [5.74, 6) is 0.419. The molecule has 0 radical (unpaired) electrons. The number of rotatable bonds is 4. The summed E-state index contributed by atoms with van der Waals surface area (Å²) in [4.78, 5) is 0. The van der Waals surface area contributed by atoms with Crippen LogP contribution in [-0.2, 0) is 9.47 Å². The Hall–Kier alpha value is 0.0600. The molecule has 1 saturated carbocycles. The Morgan fingerprint density at radius 1 is 1.38 bits per heavy atom. The maximum Gasteiger partial charge on any atom is 0.345 e. The molecule has 1 rings (SSSR count). The van der Waals surface area contributed by atoms with Gasteiger partial charge in [0.1, 0.15) is 0 Å². The summed E-state index contributed by atoms with van der Waals surface area (Å²) >= 11 is 6.33. The molecule has 0 saturated heterocycles. The number of ether oxygens (including phenoxy) is 2. The van der Waals surface area contributed by atoms with Crippen LogP contribution in [0.3, 0.4) is 0 Å². The molecule has 0 aliphatic heterocycles. The largest absolute Gasteiger partial charge is 0.478 e. The highest BCUT2D eigenvalue weighted by atomic mass is 32.2. The second-order valence-electron chi connectivity index (χ2n) is 3.80. The molecule has 2 nitrogen and oxygen atoms in total. The lowest BCUT2D eigenvalue weighted by Gasteiger charge is -2.27. The van der Waals surface area contributed by atoms with Gasteiger partial charge >= 0.3 is 6.61 Å². The molecule has 0 amide bonds. The maximum atomic E-state index is 11.9. The fourth-order valence-corrected chi connectivity index (χ4v) is 2.08. The molecule has 0 N–H and O–H groups in total. The number of halogens is 2. The van der Waals surface area contributed by atoms with Crippen molar-refractivity contribution in [2.75, 3.05) is 12.9 Å². The average molecular weight is 270 g/mol. The van der Waals surface area contributed by atoms with E-state index in [2.05, 4.69) is 4.74 Å². The standard InChI is InChI=1S/C10H16F2O2S2/c1-16-10(15)13-6-7-2-4-8(5-3-7)14-9(11)12/h7-9H,2-6H2,1H3/t7-,8-. The van der Waals surface area contributed by atoms with Gasteiger partial charge < -0.3 is 9.47 Å². The normalized spacial score (nSPS) is 25.8. The SMILES string of the molecule is CSC(=S)OC[C@H]1CC[C@H](OC(F)F)CC1. The van der Waals surface area contributed by atoms with Gasteiger partial charge in [-0.2, -0.15) is 8.78 Å². The van der Waals surface area contributed by atoms with Crippen LogP contribution < -0.4 is 0 Å². The average Bonchev–Trinajstić information content (AvgIpc) is 2.27. The maximum absolute atomic E-state index is 11.9. The lowest BCUT2D eigenvalue weighted by atomic mass is 9.88. The first kappa shape index (κ1) is 14.1. The minimum Gasteiger partial charge on any atom is -0.478 e. The minimum absolute atomic E-state index is 0.288. The van der Waals surface area contributed by atoms with Crippen molar-refractivity contribution in [1.29, 1.82) is 0 Å². The Morgan fingerprint density at radius 3 is 2.50 bits per heavy atom. The fraction of sp³-hybridized carbons (Fsp3) is 0.900. The summed E-state index contributed by atoms with van der Waals surface area (Å²) < 4.78 is 34.3. The Kier molecular flexibility index (Phi) is 6.53. The molecule has 0 spiro atoms. The van der Waals surface area contributed by atoms with E-state index in [1.165, 1.54) is 11.8 Å². The van der Waals surface area contributed by atoms with Crippen LogP contribution in [-0.4, -0.2) is 30.0 Å². The van der Waals surface area contributed by atoms with E-state index in [0.717, 1.165) is 12.8 Å². The molecular formula is C10H16F2O2S2. The quantitative estimate of drug-likeness (QED) is 0.728. The first-order chi connectivity index (χ1) is 7.61. The smallest absolute Gasteiger partial charge is 0.345 e. The van der Waals surface area contributed by atoms with Crippen LogP contribution >= 0.6 is 24.0 Å². The van der Waals surface area contributed by atoms with Crippen molar-refractivity contribution >= 4 is 28.4 Å². The molecule has 1 aliphatic rings. The number of hydrogen-bond acceptors (Lipinski definition) is 4. The third-order valence-electron chi connectivity index (χ3n) is 2.69. The monoisotopic (exact) mass is 270 g/mol. The molecule has 0 atom stereocenters. The summed E-state index contributed by atoms with van der Waals surface area (Å²) in [5.41, 5.74) is 0. The molecule has 1 aliphatic carbocycles. The molecule has 1 fully saturated rings. The van der Waals surface area contributed by atoms with Gasteiger partial charge in [-0.1, -0.05) is 11.8 Å². The van der Waals surface area contributed by atoms with Crippen LogP contribution in [0.2, 0.25) is 0 Å². The predicted molar refractivity (Wildman–Crippen MR) is 64.9 cm³/mol. The van der Waals surface area contributed by atoms with E-state index in [1.54, 1.807) is 0 Å². The molecule has 0 heterocycles. The Balaban J connectivity index is 2.14. The third kappa shape index (κ3) is 5.41. The highest BCUT2D eigenvalue weighted by molar-refractivity contribution is 8.22. The van der Waals surface area contributed by atoms with Gasteiger partial charge in [0.25, 0.3) is 0 Å².